The molecular formula is C23H25F2N5O. The first-order valence-electron chi connectivity index (χ1n) is 10.2. The second kappa shape index (κ2) is 8.37. The van der Waals surface area contributed by atoms with Gasteiger partial charge in [-0.15, -0.1) is 0 Å². The summed E-state index contributed by atoms with van der Waals surface area (Å²) in [5, 5.41) is 6.34. The van der Waals surface area contributed by atoms with Crippen LogP contribution in [-0.4, -0.2) is 31.8 Å². The molecule has 4 N–H and O–H groups in total. The number of nitrogens with one attached hydrogen (secondary N) is 2. The highest BCUT2D eigenvalue weighted by Crippen LogP contribution is 2.45. The Morgan fingerprint density at radius 2 is 2.13 bits per heavy atom. The molecule has 0 fully saturated rings. The maximum absolute atomic E-state index is 14.0. The highest BCUT2D eigenvalue weighted by molar-refractivity contribution is 6.10. The third-order valence-electron chi connectivity index (χ3n) is 5.63. The number of rotatable bonds is 4. The SMILES string of the molecule is CN=CC(=CN)c1cc2c(cc1C(F)F)N(c1cccc3c1N[C@H](C)CC(=O)N3)CC2. The lowest BCUT2D eigenvalue weighted by molar-refractivity contribution is -0.116. The fourth-order valence-electron chi connectivity index (χ4n) is 4.27. The van der Waals surface area contributed by atoms with Gasteiger partial charge in [-0.3, -0.25) is 9.79 Å². The van der Waals surface area contributed by atoms with Gasteiger partial charge >= 0.3 is 0 Å². The van der Waals surface area contributed by atoms with Crippen LogP contribution in [0.5, 0.6) is 0 Å². The van der Waals surface area contributed by atoms with E-state index in [-0.39, 0.29) is 17.5 Å². The standard InChI is InChI=1S/C23H25F2N5O/c1-13-8-21(31)29-18-4-3-5-19(22(18)28-13)30-7-6-14-9-16(15(11-26)12-27-2)17(23(24)25)10-20(14)30/h3-5,9-13,23,28H,6-8,26H2,1-2H3,(H,29,31)/t13-/m1/s1. The van der Waals surface area contributed by atoms with E-state index >= 15 is 0 Å². The zero-order valence-corrected chi connectivity index (χ0v) is 17.5. The monoisotopic (exact) mass is 425 g/mol. The van der Waals surface area contributed by atoms with E-state index in [0.717, 1.165) is 22.6 Å². The van der Waals surface area contributed by atoms with Gasteiger partial charge in [0.25, 0.3) is 6.43 Å². The molecular weight excluding hydrogens is 400 g/mol. The third kappa shape index (κ3) is 3.85. The summed E-state index contributed by atoms with van der Waals surface area (Å²) in [5.41, 5.74) is 10.5. The van der Waals surface area contributed by atoms with Crippen molar-refractivity contribution >= 4 is 40.4 Å². The van der Waals surface area contributed by atoms with Gasteiger partial charge < -0.3 is 21.3 Å². The fourth-order valence-corrected chi connectivity index (χ4v) is 4.27. The van der Waals surface area contributed by atoms with Gasteiger partial charge in [0, 0.05) is 55.3 Å². The Morgan fingerprint density at radius 1 is 1.32 bits per heavy atom. The lowest BCUT2D eigenvalue weighted by atomic mass is 9.96. The van der Waals surface area contributed by atoms with Crippen LogP contribution in [0.2, 0.25) is 0 Å². The second-order valence-electron chi connectivity index (χ2n) is 7.78. The Labute approximate surface area is 179 Å². The molecule has 1 atom stereocenters. The van der Waals surface area contributed by atoms with Crippen LogP contribution >= 0.6 is 0 Å². The van der Waals surface area contributed by atoms with Crippen LogP contribution in [0.1, 0.15) is 36.5 Å². The molecule has 162 valence electrons. The zero-order chi connectivity index (χ0) is 22.1. The molecule has 31 heavy (non-hydrogen) atoms. The summed E-state index contributed by atoms with van der Waals surface area (Å²) in [6.45, 7) is 2.59. The summed E-state index contributed by atoms with van der Waals surface area (Å²) >= 11 is 0. The number of amides is 1. The van der Waals surface area contributed by atoms with Gasteiger partial charge in [-0.2, -0.15) is 0 Å². The topological polar surface area (TPSA) is 82.8 Å². The first-order valence-corrected chi connectivity index (χ1v) is 10.2. The van der Waals surface area contributed by atoms with Crippen LogP contribution in [0.3, 0.4) is 0 Å². The molecule has 0 saturated heterocycles. The maximum atomic E-state index is 14.0. The highest BCUT2D eigenvalue weighted by Gasteiger charge is 2.29. The number of carbonyl (C=O) groups excluding carboxylic acids is 1. The van der Waals surface area contributed by atoms with Crippen molar-refractivity contribution in [3.63, 3.8) is 0 Å². The molecule has 0 spiro atoms. The Kier molecular flexibility index (Phi) is 5.63. The molecule has 8 heteroatoms. The molecule has 6 nitrogen and oxygen atoms in total. The summed E-state index contributed by atoms with van der Waals surface area (Å²) in [6.07, 6.45) is 1.20. The maximum Gasteiger partial charge on any atom is 0.264 e. The first-order chi connectivity index (χ1) is 14.9. The molecule has 0 radical (unpaired) electrons. The van der Waals surface area contributed by atoms with E-state index in [0.29, 0.717) is 36.2 Å². The first kappa shape index (κ1) is 20.8. The number of nitrogens with two attached hydrogens (primary N) is 1. The molecule has 0 bridgehead atoms. The van der Waals surface area contributed by atoms with Crippen LogP contribution in [-0.2, 0) is 11.2 Å². The van der Waals surface area contributed by atoms with Gasteiger partial charge in [0.05, 0.1) is 17.1 Å². The summed E-state index contributed by atoms with van der Waals surface area (Å²) in [7, 11) is 1.58. The van der Waals surface area contributed by atoms with E-state index in [1.54, 1.807) is 19.2 Å². The van der Waals surface area contributed by atoms with Gasteiger partial charge in [0.15, 0.2) is 0 Å². The number of hydrogen-bond donors (Lipinski definition) is 3. The highest BCUT2D eigenvalue weighted by atomic mass is 19.3. The van der Waals surface area contributed by atoms with Crippen molar-refractivity contribution in [1.29, 1.82) is 0 Å². The number of anilines is 4. The molecule has 2 aromatic rings. The van der Waals surface area contributed by atoms with E-state index in [1.807, 2.05) is 30.0 Å². The molecule has 0 saturated carbocycles. The Morgan fingerprint density at radius 3 is 2.84 bits per heavy atom. The molecule has 4 rings (SSSR count). The van der Waals surface area contributed by atoms with Crippen molar-refractivity contribution in [2.24, 2.45) is 10.7 Å². The Balaban J connectivity index is 1.83. The predicted molar refractivity (Wildman–Crippen MR) is 121 cm³/mol. The smallest absolute Gasteiger partial charge is 0.264 e. The molecule has 2 aliphatic heterocycles. The van der Waals surface area contributed by atoms with Gasteiger partial charge in [0.2, 0.25) is 5.91 Å². The van der Waals surface area contributed by atoms with Crippen LogP contribution in [0.15, 0.2) is 41.5 Å². The number of allylic oxidation sites excluding steroid dienone is 1. The number of carbonyl (C=O) groups is 1. The summed E-state index contributed by atoms with van der Waals surface area (Å²) in [5.74, 6) is -0.0546. The van der Waals surface area contributed by atoms with Gasteiger partial charge in [0.1, 0.15) is 0 Å². The second-order valence-corrected chi connectivity index (χ2v) is 7.78. The van der Waals surface area contributed by atoms with Crippen molar-refractivity contribution in [2.45, 2.75) is 32.2 Å². The minimum atomic E-state index is -2.66. The molecule has 0 aromatic heterocycles. The number of hydrogen-bond acceptors (Lipinski definition) is 5. The van der Waals surface area contributed by atoms with Crippen LogP contribution in [0.25, 0.3) is 5.57 Å². The van der Waals surface area contributed by atoms with Gasteiger partial charge in [-0.05, 0) is 48.7 Å². The third-order valence-corrected chi connectivity index (χ3v) is 5.63. The van der Waals surface area contributed by atoms with Gasteiger partial charge in [-0.1, -0.05) is 6.07 Å². The molecule has 2 aliphatic rings. The molecule has 2 aromatic carbocycles. The van der Waals surface area contributed by atoms with E-state index < -0.39 is 6.43 Å². The molecule has 2 heterocycles. The molecule has 1 amide bonds. The minimum absolute atomic E-state index is 0.0472. The predicted octanol–water partition coefficient (Wildman–Crippen LogP) is 4.46. The van der Waals surface area contributed by atoms with E-state index in [2.05, 4.69) is 15.6 Å². The summed E-state index contributed by atoms with van der Waals surface area (Å²) in [6, 6.07) is 8.93. The van der Waals surface area contributed by atoms with Crippen molar-refractivity contribution in [3.8, 4) is 0 Å². The zero-order valence-electron chi connectivity index (χ0n) is 17.5. The van der Waals surface area contributed by atoms with Crippen molar-refractivity contribution < 1.29 is 13.6 Å². The summed E-state index contributed by atoms with van der Waals surface area (Å²) < 4.78 is 28.0. The number of para-hydroxylation sites is 1. The number of benzene rings is 2. The number of nitrogens with zero attached hydrogens (tertiary/aromatic N) is 2. The van der Waals surface area contributed by atoms with E-state index in [9.17, 15) is 13.6 Å². The van der Waals surface area contributed by atoms with Crippen molar-refractivity contribution in [3.05, 3.63) is 53.2 Å². The normalized spacial score (nSPS) is 18.6. The Bertz CT molecular complexity index is 1080. The number of aliphatic imine (C=N–C) groups is 1. The van der Waals surface area contributed by atoms with Crippen molar-refractivity contribution in [2.75, 3.05) is 29.1 Å². The lowest BCUT2D eigenvalue weighted by Gasteiger charge is -2.26. The van der Waals surface area contributed by atoms with Crippen LogP contribution < -0.4 is 21.3 Å². The van der Waals surface area contributed by atoms with E-state index in [1.165, 1.54) is 12.4 Å². The molecule has 0 unspecified atom stereocenters. The van der Waals surface area contributed by atoms with Crippen LogP contribution in [0, 0.1) is 0 Å². The van der Waals surface area contributed by atoms with Crippen LogP contribution in [0.4, 0.5) is 31.5 Å². The quantitative estimate of drug-likeness (QED) is 0.632. The average molecular weight is 425 g/mol. The van der Waals surface area contributed by atoms with E-state index in [4.69, 9.17) is 5.73 Å². The van der Waals surface area contributed by atoms with Gasteiger partial charge in [-0.25, -0.2) is 8.78 Å². The number of halogens is 2. The fraction of sp³-hybridized carbons (Fsp3) is 0.304. The Hall–Kier alpha value is -3.42. The largest absolute Gasteiger partial charge is 0.404 e. The lowest BCUT2D eigenvalue weighted by Crippen LogP contribution is -2.20. The van der Waals surface area contributed by atoms with Crippen molar-refractivity contribution in [1.82, 2.24) is 0 Å². The number of alkyl halides is 2. The average Bonchev–Trinajstić information content (AvgIpc) is 3.07. The molecule has 0 aliphatic carbocycles. The summed E-state index contributed by atoms with van der Waals surface area (Å²) in [4.78, 5) is 18.1. The minimum Gasteiger partial charge on any atom is -0.404 e. The number of fused-ring (bicyclic) bond motifs is 2.